The van der Waals surface area contributed by atoms with E-state index in [9.17, 15) is 9.90 Å². The van der Waals surface area contributed by atoms with E-state index >= 15 is 0 Å². The maximum Gasteiger partial charge on any atom is 0.307 e. The lowest BCUT2D eigenvalue weighted by Crippen LogP contribution is -2.18. The zero-order chi connectivity index (χ0) is 14.5. The molecule has 0 fully saturated rings. The van der Waals surface area contributed by atoms with Crippen molar-refractivity contribution in [1.82, 2.24) is 0 Å². The molecular formula is C15H15BrO3S. The first kappa shape index (κ1) is 15.1. The maximum absolute atomic E-state index is 11.4. The van der Waals surface area contributed by atoms with Crippen LogP contribution in [0.1, 0.15) is 10.4 Å². The van der Waals surface area contributed by atoms with Gasteiger partial charge in [0, 0.05) is 9.35 Å². The second-order valence-electron chi connectivity index (χ2n) is 4.48. The van der Waals surface area contributed by atoms with E-state index in [0.29, 0.717) is 12.8 Å². The van der Waals surface area contributed by atoms with Gasteiger partial charge >= 0.3 is 5.97 Å². The van der Waals surface area contributed by atoms with Gasteiger partial charge in [0.15, 0.2) is 0 Å². The average Bonchev–Trinajstić information content (AvgIpc) is 2.84. The molecule has 1 aromatic carbocycles. The van der Waals surface area contributed by atoms with Crippen LogP contribution in [0.2, 0.25) is 0 Å². The summed E-state index contributed by atoms with van der Waals surface area (Å²) in [6, 6.07) is 9.49. The molecule has 5 heteroatoms. The zero-order valence-electron chi connectivity index (χ0n) is 11.0. The molecule has 0 amide bonds. The molecule has 0 radical (unpaired) electrons. The predicted molar refractivity (Wildman–Crippen MR) is 83.5 cm³/mol. The van der Waals surface area contributed by atoms with E-state index in [1.807, 2.05) is 35.7 Å². The number of thiophene rings is 1. The Bertz CT molecular complexity index is 577. The van der Waals surface area contributed by atoms with Gasteiger partial charge in [0.2, 0.25) is 0 Å². The quantitative estimate of drug-likeness (QED) is 0.852. The molecular weight excluding hydrogens is 340 g/mol. The fraction of sp³-hybridized carbons (Fsp3) is 0.267. The molecule has 106 valence electrons. The Morgan fingerprint density at radius 3 is 2.50 bits per heavy atom. The normalized spacial score (nSPS) is 12.1. The summed E-state index contributed by atoms with van der Waals surface area (Å²) in [5.74, 6) is -0.402. The largest absolute Gasteiger partial charge is 0.497 e. The number of benzene rings is 1. The third kappa shape index (κ3) is 3.84. The molecule has 0 aliphatic carbocycles. The number of hydrogen-bond donors (Lipinski definition) is 1. The first-order valence-electron chi connectivity index (χ1n) is 6.17. The van der Waals surface area contributed by atoms with Gasteiger partial charge in [-0.05, 0) is 57.9 Å². The lowest BCUT2D eigenvalue weighted by Gasteiger charge is -2.12. The van der Waals surface area contributed by atoms with Gasteiger partial charge in [-0.1, -0.05) is 12.1 Å². The van der Waals surface area contributed by atoms with Crippen LogP contribution in [0.15, 0.2) is 40.2 Å². The fourth-order valence-corrected chi connectivity index (χ4v) is 3.58. The van der Waals surface area contributed by atoms with Crippen molar-refractivity contribution in [3.8, 4) is 5.75 Å². The summed E-state index contributed by atoms with van der Waals surface area (Å²) in [6.45, 7) is 0. The van der Waals surface area contributed by atoms with Crippen LogP contribution in [0, 0.1) is 5.92 Å². The molecule has 0 bridgehead atoms. The number of carboxylic acids is 1. The minimum Gasteiger partial charge on any atom is -0.497 e. The average molecular weight is 355 g/mol. The second kappa shape index (κ2) is 6.90. The molecule has 0 aliphatic rings. The topological polar surface area (TPSA) is 46.5 Å². The second-order valence-corrected chi connectivity index (χ2v) is 6.34. The molecule has 0 spiro atoms. The Hall–Kier alpha value is -1.33. The number of rotatable bonds is 6. The minimum atomic E-state index is -0.763. The van der Waals surface area contributed by atoms with Crippen molar-refractivity contribution in [3.05, 3.63) is 50.6 Å². The van der Waals surface area contributed by atoms with E-state index < -0.39 is 11.9 Å². The van der Waals surface area contributed by atoms with Gasteiger partial charge in [-0.2, -0.15) is 0 Å². The zero-order valence-corrected chi connectivity index (χ0v) is 13.4. The van der Waals surface area contributed by atoms with Gasteiger partial charge in [-0.3, -0.25) is 4.79 Å². The number of hydrogen-bond acceptors (Lipinski definition) is 3. The molecule has 1 aromatic heterocycles. The monoisotopic (exact) mass is 354 g/mol. The van der Waals surface area contributed by atoms with Crippen LogP contribution in [-0.4, -0.2) is 18.2 Å². The molecule has 1 heterocycles. The van der Waals surface area contributed by atoms with E-state index in [0.717, 1.165) is 20.7 Å². The van der Waals surface area contributed by atoms with Gasteiger partial charge in [-0.15, -0.1) is 11.3 Å². The number of ether oxygens (including phenoxy) is 1. The van der Waals surface area contributed by atoms with E-state index in [4.69, 9.17) is 4.74 Å². The van der Waals surface area contributed by atoms with Crippen molar-refractivity contribution >= 4 is 33.2 Å². The summed E-state index contributed by atoms with van der Waals surface area (Å²) in [4.78, 5) is 12.5. The van der Waals surface area contributed by atoms with Gasteiger partial charge in [0.25, 0.3) is 0 Å². The molecule has 0 aliphatic heterocycles. The molecule has 1 atom stereocenters. The minimum absolute atomic E-state index is 0.418. The highest BCUT2D eigenvalue weighted by Gasteiger charge is 2.20. The van der Waals surface area contributed by atoms with Gasteiger partial charge < -0.3 is 9.84 Å². The Kier molecular flexibility index (Phi) is 5.20. The first-order valence-corrected chi connectivity index (χ1v) is 7.85. The summed E-state index contributed by atoms with van der Waals surface area (Å²) >= 11 is 5.03. The van der Waals surface area contributed by atoms with Gasteiger partial charge in [0.1, 0.15) is 5.75 Å². The first-order chi connectivity index (χ1) is 9.60. The van der Waals surface area contributed by atoms with Crippen molar-refractivity contribution in [2.24, 2.45) is 5.92 Å². The number of carbonyl (C=O) groups is 1. The van der Waals surface area contributed by atoms with E-state index in [1.165, 1.54) is 0 Å². The van der Waals surface area contributed by atoms with Crippen molar-refractivity contribution < 1.29 is 14.6 Å². The molecule has 1 N–H and O–H groups in total. The number of methoxy groups -OCH3 is 1. The molecule has 0 saturated heterocycles. The van der Waals surface area contributed by atoms with E-state index in [1.54, 1.807) is 18.4 Å². The van der Waals surface area contributed by atoms with E-state index in [-0.39, 0.29) is 0 Å². The molecule has 20 heavy (non-hydrogen) atoms. The summed E-state index contributed by atoms with van der Waals surface area (Å²) < 4.78 is 6.09. The van der Waals surface area contributed by atoms with Gasteiger partial charge in [0.05, 0.1) is 13.0 Å². The third-order valence-electron chi connectivity index (χ3n) is 3.11. The van der Waals surface area contributed by atoms with Crippen molar-refractivity contribution in [1.29, 1.82) is 0 Å². The summed E-state index contributed by atoms with van der Waals surface area (Å²) in [5.41, 5.74) is 1.01. The Morgan fingerprint density at radius 2 is 2.00 bits per heavy atom. The van der Waals surface area contributed by atoms with Gasteiger partial charge in [-0.25, -0.2) is 0 Å². The molecule has 1 unspecified atom stereocenters. The molecule has 2 aromatic rings. The van der Waals surface area contributed by atoms with Crippen LogP contribution in [0.3, 0.4) is 0 Å². The number of aliphatic carboxylic acids is 1. The Labute approximate surface area is 130 Å². The van der Waals surface area contributed by atoms with Crippen LogP contribution in [0.5, 0.6) is 5.75 Å². The smallest absolute Gasteiger partial charge is 0.307 e. The van der Waals surface area contributed by atoms with Crippen LogP contribution >= 0.6 is 27.3 Å². The fourth-order valence-electron chi connectivity index (χ4n) is 1.99. The van der Waals surface area contributed by atoms with Crippen LogP contribution in [0.4, 0.5) is 0 Å². The lowest BCUT2D eigenvalue weighted by molar-refractivity contribution is -0.141. The highest BCUT2D eigenvalue weighted by Crippen LogP contribution is 2.27. The highest BCUT2D eigenvalue weighted by molar-refractivity contribution is 9.10. The van der Waals surface area contributed by atoms with Crippen molar-refractivity contribution in [3.63, 3.8) is 0 Å². The molecule has 0 saturated carbocycles. The summed E-state index contributed by atoms with van der Waals surface area (Å²) in [7, 11) is 1.61. The predicted octanol–water partition coefficient (Wildman–Crippen LogP) is 4.01. The van der Waals surface area contributed by atoms with Crippen LogP contribution < -0.4 is 4.74 Å². The molecule has 2 rings (SSSR count). The Morgan fingerprint density at radius 1 is 1.30 bits per heavy atom. The summed E-state index contributed by atoms with van der Waals surface area (Å²) in [6.07, 6.45) is 1.06. The third-order valence-corrected chi connectivity index (χ3v) is 5.06. The van der Waals surface area contributed by atoms with Crippen molar-refractivity contribution in [2.45, 2.75) is 12.8 Å². The SMILES string of the molecule is COc1ccc(CC(Cc2sccc2Br)C(=O)O)cc1. The lowest BCUT2D eigenvalue weighted by atomic mass is 9.95. The van der Waals surface area contributed by atoms with Crippen LogP contribution in [0.25, 0.3) is 0 Å². The van der Waals surface area contributed by atoms with E-state index in [2.05, 4.69) is 15.9 Å². The van der Waals surface area contributed by atoms with Crippen molar-refractivity contribution in [2.75, 3.05) is 7.11 Å². The standard InChI is InChI=1S/C15H15BrO3S/c1-19-12-4-2-10(3-5-12)8-11(15(17)18)9-14-13(16)6-7-20-14/h2-7,11H,8-9H2,1H3,(H,17,18). The summed E-state index contributed by atoms with van der Waals surface area (Å²) in [5, 5.41) is 11.4. The Balaban J connectivity index is 2.09. The molecule has 3 nitrogen and oxygen atoms in total. The number of carboxylic acid groups (broad SMARTS) is 1. The van der Waals surface area contributed by atoms with Crippen LogP contribution in [-0.2, 0) is 17.6 Å². The maximum atomic E-state index is 11.4. The highest BCUT2D eigenvalue weighted by atomic mass is 79.9. The number of halogens is 1.